The van der Waals surface area contributed by atoms with Gasteiger partial charge in [0.15, 0.2) is 11.7 Å². The average Bonchev–Trinajstić information content (AvgIpc) is 2.50. The first kappa shape index (κ1) is 27.1. The summed E-state index contributed by atoms with van der Waals surface area (Å²) in [5.74, 6) is -7.45. The molecule has 26 heavy (non-hydrogen) atoms. The van der Waals surface area contributed by atoms with Gasteiger partial charge in [0.25, 0.3) is 0 Å². The van der Waals surface area contributed by atoms with Crippen molar-refractivity contribution >= 4 is 23.9 Å². The molecule has 0 saturated carbocycles. The van der Waals surface area contributed by atoms with E-state index in [0.717, 1.165) is 0 Å². The molecule has 0 aliphatic heterocycles. The van der Waals surface area contributed by atoms with Gasteiger partial charge in [-0.2, -0.15) is 0 Å². The van der Waals surface area contributed by atoms with Gasteiger partial charge < -0.3 is 47.0 Å². The molecule has 0 saturated heterocycles. The molecule has 0 aromatic carbocycles. The molecule has 0 bridgehead atoms. The fraction of sp³-hybridized carbons (Fsp3) is 0.667. The number of hydrogen-bond donors (Lipinski definition) is 8. The van der Waals surface area contributed by atoms with E-state index in [0.29, 0.717) is 0 Å². The Hall–Kier alpha value is -1.16. The molecule has 0 aromatic rings. The largest absolute Gasteiger partial charge is 1.00 e. The number of ether oxygens (including phenoxy) is 1. The summed E-state index contributed by atoms with van der Waals surface area (Å²) in [4.78, 5) is 44.2. The van der Waals surface area contributed by atoms with E-state index in [2.05, 4.69) is 4.74 Å². The Kier molecular flexibility index (Phi) is 12.0. The second-order valence-electron chi connectivity index (χ2n) is 5.05. The van der Waals surface area contributed by atoms with Crippen LogP contribution in [0.1, 0.15) is 14.3 Å². The second kappa shape index (κ2) is 11.5. The van der Waals surface area contributed by atoms with Crippen molar-refractivity contribution in [2.24, 2.45) is 0 Å². The number of esters is 2. The molecule has 0 aromatic heterocycles. The Morgan fingerprint density at radius 3 is 1.85 bits per heavy atom. The third-order valence-electron chi connectivity index (χ3n) is 2.99. The Labute approximate surface area is 169 Å². The first-order valence-corrected chi connectivity index (χ1v) is 6.61. The van der Waals surface area contributed by atoms with E-state index in [1.54, 1.807) is 0 Å². The molecular formula is C12H19NaO13. The molecule has 0 aliphatic carbocycles. The van der Waals surface area contributed by atoms with Gasteiger partial charge in [0.05, 0.1) is 19.4 Å². The van der Waals surface area contributed by atoms with Gasteiger partial charge in [0.1, 0.15) is 18.3 Å². The van der Waals surface area contributed by atoms with Crippen LogP contribution in [-0.2, 0) is 23.9 Å². The fourth-order valence-electron chi connectivity index (χ4n) is 1.57. The van der Waals surface area contributed by atoms with E-state index in [4.69, 9.17) is 20.4 Å². The number of aliphatic hydroxyl groups excluding tert-OH is 5. The van der Waals surface area contributed by atoms with Gasteiger partial charge in [-0.05, 0) is 0 Å². The van der Waals surface area contributed by atoms with Crippen LogP contribution in [0.15, 0.2) is 0 Å². The van der Waals surface area contributed by atoms with Crippen LogP contribution in [0.25, 0.3) is 0 Å². The Morgan fingerprint density at radius 1 is 0.962 bits per heavy atom. The van der Waals surface area contributed by atoms with E-state index in [9.17, 15) is 39.6 Å². The van der Waals surface area contributed by atoms with E-state index < -0.39 is 73.3 Å². The van der Waals surface area contributed by atoms with Gasteiger partial charge in [0, 0.05) is 0 Å². The van der Waals surface area contributed by atoms with Gasteiger partial charge in [-0.15, -0.1) is 0 Å². The summed E-state index contributed by atoms with van der Waals surface area (Å²) >= 11 is 0. The smallest absolute Gasteiger partial charge is 1.00 e. The van der Waals surface area contributed by atoms with Crippen molar-refractivity contribution in [3.63, 3.8) is 0 Å². The van der Waals surface area contributed by atoms with Crippen LogP contribution in [0.4, 0.5) is 0 Å². The maximum atomic E-state index is 11.4. The number of aliphatic carboxylic acids is 2. The molecule has 146 valence electrons. The van der Waals surface area contributed by atoms with E-state index in [1.807, 2.05) is 0 Å². The number of carboxylic acid groups (broad SMARTS) is 2. The molecule has 0 spiro atoms. The normalized spacial score (nSPS) is 17.6. The SMILES string of the molecule is O=C(O)CC(O)(CC(=O)OC(=O)[C@H](O)[C@@H](O)[C@H](O)[C@H](O)CO)C(=O)O.[H-].[Na+]. The predicted molar refractivity (Wildman–Crippen MR) is 72.8 cm³/mol. The van der Waals surface area contributed by atoms with Crippen LogP contribution in [-0.4, -0.2) is 101 Å². The zero-order chi connectivity index (χ0) is 19.9. The monoisotopic (exact) mass is 394 g/mol. The zero-order valence-corrected chi connectivity index (χ0v) is 15.5. The second-order valence-corrected chi connectivity index (χ2v) is 5.05. The van der Waals surface area contributed by atoms with Crippen LogP contribution in [0.2, 0.25) is 0 Å². The summed E-state index contributed by atoms with van der Waals surface area (Å²) in [7, 11) is 0. The van der Waals surface area contributed by atoms with Crippen LogP contribution in [0.3, 0.4) is 0 Å². The fourth-order valence-corrected chi connectivity index (χ4v) is 1.57. The number of carbonyl (C=O) groups is 4. The summed E-state index contributed by atoms with van der Waals surface area (Å²) in [5, 5.41) is 72.6. The first-order chi connectivity index (χ1) is 11.4. The maximum absolute atomic E-state index is 11.4. The minimum atomic E-state index is -3.08. The van der Waals surface area contributed by atoms with Crippen molar-refractivity contribution in [1.29, 1.82) is 0 Å². The number of hydrogen-bond acceptors (Lipinski definition) is 11. The van der Waals surface area contributed by atoms with Crippen molar-refractivity contribution in [2.75, 3.05) is 6.61 Å². The molecular weight excluding hydrogens is 375 g/mol. The maximum Gasteiger partial charge on any atom is 1.00 e. The molecule has 0 amide bonds. The number of carbonyl (C=O) groups excluding carboxylic acids is 2. The quantitative estimate of drug-likeness (QED) is 0.0976. The molecule has 13 nitrogen and oxygen atoms in total. The molecule has 1 unspecified atom stereocenters. The van der Waals surface area contributed by atoms with Gasteiger partial charge in [-0.25, -0.2) is 9.59 Å². The Morgan fingerprint density at radius 2 is 1.46 bits per heavy atom. The van der Waals surface area contributed by atoms with Crippen molar-refractivity contribution in [2.45, 2.75) is 42.9 Å². The zero-order valence-electron chi connectivity index (χ0n) is 14.5. The topological polar surface area (TPSA) is 239 Å². The van der Waals surface area contributed by atoms with Crippen molar-refractivity contribution in [3.05, 3.63) is 0 Å². The molecule has 14 heteroatoms. The number of carboxylic acids is 2. The summed E-state index contributed by atoms with van der Waals surface area (Å²) in [6.07, 6.45) is -11.9. The van der Waals surface area contributed by atoms with Crippen molar-refractivity contribution in [1.82, 2.24) is 0 Å². The first-order valence-electron chi connectivity index (χ1n) is 6.61. The van der Waals surface area contributed by atoms with E-state index >= 15 is 0 Å². The Balaban J connectivity index is -0.00000288. The third kappa shape index (κ3) is 8.03. The molecule has 0 radical (unpaired) electrons. The standard InChI is InChI=1S/C12H18O13.Na.H/c13-3-4(14)7(18)8(19)9(20)10(21)25-6(17)2-12(24,11(22)23)1-5(15)16;;/h4,7-9,13-14,18-20,24H,1-3H2,(H,15,16)(H,22,23);;/q;+1;-1/t4-,7-,8+,9-,12?;;/m1../s1. The minimum absolute atomic E-state index is 0. The van der Waals surface area contributed by atoms with Gasteiger partial charge in [-0.3, -0.25) is 9.59 Å². The van der Waals surface area contributed by atoms with E-state index in [-0.39, 0.29) is 31.0 Å². The van der Waals surface area contributed by atoms with Crippen molar-refractivity contribution < 1.29 is 95.8 Å². The van der Waals surface area contributed by atoms with E-state index in [1.165, 1.54) is 0 Å². The van der Waals surface area contributed by atoms with Gasteiger partial charge in [-0.1, -0.05) is 0 Å². The van der Waals surface area contributed by atoms with Gasteiger partial charge in [0.2, 0.25) is 0 Å². The van der Waals surface area contributed by atoms with Crippen LogP contribution >= 0.6 is 0 Å². The molecule has 0 fully saturated rings. The molecule has 0 heterocycles. The summed E-state index contributed by atoms with van der Waals surface area (Å²) in [6, 6.07) is 0. The summed E-state index contributed by atoms with van der Waals surface area (Å²) < 4.78 is 3.96. The molecule has 5 atom stereocenters. The molecule has 0 rings (SSSR count). The van der Waals surface area contributed by atoms with Crippen LogP contribution in [0, 0.1) is 0 Å². The Bertz CT molecular complexity index is 529. The average molecular weight is 394 g/mol. The number of aliphatic hydroxyl groups is 6. The minimum Gasteiger partial charge on any atom is -1.00 e. The molecule has 8 N–H and O–H groups in total. The number of rotatable bonds is 10. The van der Waals surface area contributed by atoms with Crippen LogP contribution in [0.5, 0.6) is 0 Å². The summed E-state index contributed by atoms with van der Waals surface area (Å²) in [6.45, 7) is -1.03. The van der Waals surface area contributed by atoms with Gasteiger partial charge >= 0.3 is 53.4 Å². The summed E-state index contributed by atoms with van der Waals surface area (Å²) in [5.41, 5.74) is -3.08. The third-order valence-corrected chi connectivity index (χ3v) is 2.99. The molecule has 0 aliphatic rings. The predicted octanol–water partition coefficient (Wildman–Crippen LogP) is -7.71. The van der Waals surface area contributed by atoms with Crippen molar-refractivity contribution in [3.8, 4) is 0 Å². The van der Waals surface area contributed by atoms with Crippen LogP contribution < -0.4 is 29.6 Å².